The number of aryl methyl sites for hydroxylation is 1. The zero-order valence-electron chi connectivity index (χ0n) is 18.4. The van der Waals surface area contributed by atoms with Gasteiger partial charge in [-0.1, -0.05) is 29.8 Å². The van der Waals surface area contributed by atoms with Gasteiger partial charge in [0, 0.05) is 7.05 Å². The van der Waals surface area contributed by atoms with Crippen molar-refractivity contribution in [3.8, 4) is 11.6 Å². The van der Waals surface area contributed by atoms with Crippen molar-refractivity contribution >= 4 is 11.6 Å². The Morgan fingerprint density at radius 1 is 1.09 bits per heavy atom. The van der Waals surface area contributed by atoms with Crippen molar-refractivity contribution in [3.63, 3.8) is 0 Å². The van der Waals surface area contributed by atoms with Crippen molar-refractivity contribution in [1.29, 1.82) is 0 Å². The van der Waals surface area contributed by atoms with E-state index >= 15 is 0 Å². The summed E-state index contributed by atoms with van der Waals surface area (Å²) in [6.45, 7) is 2.21. The molecular formula is C23H21N7O4. The number of H-pyrrole nitrogens is 1. The molecule has 0 unspecified atom stereocenters. The normalized spacial score (nSPS) is 11.4. The van der Waals surface area contributed by atoms with E-state index in [1.807, 2.05) is 31.2 Å². The van der Waals surface area contributed by atoms with E-state index in [9.17, 15) is 14.4 Å². The predicted molar refractivity (Wildman–Crippen MR) is 123 cm³/mol. The first-order valence-electron chi connectivity index (χ1n) is 10.2. The zero-order chi connectivity index (χ0) is 24.2. The fraction of sp³-hybridized carbons (Fsp3) is 0.130. The molecule has 0 spiro atoms. The summed E-state index contributed by atoms with van der Waals surface area (Å²) in [5.41, 5.74) is 6.71. The molecule has 0 saturated heterocycles. The molecule has 3 N–H and O–H groups in total. The summed E-state index contributed by atoms with van der Waals surface area (Å²) in [5.74, 6) is -0.193. The summed E-state index contributed by atoms with van der Waals surface area (Å²) in [6, 6.07) is 14.3. The van der Waals surface area contributed by atoms with Gasteiger partial charge in [-0.2, -0.15) is 0 Å². The van der Waals surface area contributed by atoms with Crippen LogP contribution in [0, 0.1) is 6.92 Å². The van der Waals surface area contributed by atoms with Gasteiger partial charge in [0.1, 0.15) is 11.4 Å². The molecule has 11 nitrogen and oxygen atoms in total. The molecule has 4 rings (SSSR count). The number of amides is 1. The van der Waals surface area contributed by atoms with Gasteiger partial charge >= 0.3 is 11.4 Å². The van der Waals surface area contributed by atoms with Crippen molar-refractivity contribution < 1.29 is 9.53 Å². The van der Waals surface area contributed by atoms with Crippen LogP contribution in [0.1, 0.15) is 21.6 Å². The van der Waals surface area contributed by atoms with Crippen LogP contribution in [-0.4, -0.2) is 30.0 Å². The first-order valence-corrected chi connectivity index (χ1v) is 10.2. The van der Waals surface area contributed by atoms with Crippen molar-refractivity contribution in [2.75, 3.05) is 0 Å². The van der Waals surface area contributed by atoms with E-state index in [0.29, 0.717) is 11.4 Å². The lowest BCUT2D eigenvalue weighted by atomic mass is 10.1. The van der Waals surface area contributed by atoms with Crippen molar-refractivity contribution in [2.24, 2.45) is 17.8 Å². The van der Waals surface area contributed by atoms with E-state index < -0.39 is 17.3 Å². The van der Waals surface area contributed by atoms with Gasteiger partial charge in [-0.3, -0.25) is 19.3 Å². The van der Waals surface area contributed by atoms with Crippen LogP contribution in [0.25, 0.3) is 0 Å². The predicted octanol–water partition coefficient (Wildman–Crippen LogP) is 1.15. The van der Waals surface area contributed by atoms with Gasteiger partial charge in [0.25, 0.3) is 5.91 Å². The highest BCUT2D eigenvalue weighted by atomic mass is 16.5. The number of aromatic amines is 1. The molecule has 2 aromatic heterocycles. The molecule has 0 saturated carbocycles. The summed E-state index contributed by atoms with van der Waals surface area (Å²) in [6.07, 6.45) is 2.59. The van der Waals surface area contributed by atoms with Crippen molar-refractivity contribution in [3.05, 3.63) is 104 Å². The molecule has 0 bridgehead atoms. The standard InChI is InChI=1S/C23H21N7O4/c1-14-3-5-15(6-4-14)13-30-21(28-22(32)29(2)23(30)33)26-16-7-9-17(10-8-16)34-19-12-25-11-18(27-19)20(24)31/h3-12H,13H2,1-2H3,(H2,24,31)(H,26,28,32). The maximum Gasteiger partial charge on any atom is 0.335 e. The summed E-state index contributed by atoms with van der Waals surface area (Å²) >= 11 is 0. The minimum Gasteiger partial charge on any atom is -0.437 e. The highest BCUT2D eigenvalue weighted by Gasteiger charge is 2.08. The smallest absolute Gasteiger partial charge is 0.335 e. The maximum absolute atomic E-state index is 12.8. The second-order valence-corrected chi connectivity index (χ2v) is 7.48. The quantitative estimate of drug-likeness (QED) is 0.441. The molecule has 0 aliphatic heterocycles. The topological polar surface area (TPSA) is 150 Å². The Hall–Kier alpha value is -4.80. The third-order valence-electron chi connectivity index (χ3n) is 4.92. The summed E-state index contributed by atoms with van der Waals surface area (Å²) < 4.78 is 7.98. The zero-order valence-corrected chi connectivity index (χ0v) is 18.4. The number of ether oxygens (including phenoxy) is 1. The summed E-state index contributed by atoms with van der Waals surface area (Å²) in [4.78, 5) is 51.2. The molecule has 1 amide bonds. The van der Waals surface area contributed by atoms with Crippen LogP contribution in [0.5, 0.6) is 11.6 Å². The number of carbonyl (C=O) groups is 1. The molecule has 0 radical (unpaired) electrons. The Kier molecular flexibility index (Phi) is 6.17. The molecule has 0 aliphatic rings. The fourth-order valence-electron chi connectivity index (χ4n) is 3.06. The molecule has 172 valence electrons. The van der Waals surface area contributed by atoms with Gasteiger partial charge in [0.2, 0.25) is 11.5 Å². The number of nitrogens with zero attached hydrogens (tertiary/aromatic N) is 5. The van der Waals surface area contributed by atoms with Gasteiger partial charge < -0.3 is 10.5 Å². The number of aromatic nitrogens is 5. The first kappa shape index (κ1) is 22.4. The van der Waals surface area contributed by atoms with E-state index in [1.165, 1.54) is 24.0 Å². The molecule has 4 aromatic rings. The van der Waals surface area contributed by atoms with Crippen molar-refractivity contribution in [1.82, 2.24) is 24.1 Å². The van der Waals surface area contributed by atoms with Crippen LogP contribution < -0.4 is 27.5 Å². The number of carbonyl (C=O) groups excluding carboxylic acids is 1. The number of nitrogens with one attached hydrogen (secondary N) is 1. The van der Waals surface area contributed by atoms with Crippen LogP contribution in [0.2, 0.25) is 0 Å². The van der Waals surface area contributed by atoms with E-state index in [-0.39, 0.29) is 23.7 Å². The first-order chi connectivity index (χ1) is 16.3. The lowest BCUT2D eigenvalue weighted by Gasteiger charge is -2.09. The molecule has 2 aromatic carbocycles. The molecule has 34 heavy (non-hydrogen) atoms. The second-order valence-electron chi connectivity index (χ2n) is 7.48. The van der Waals surface area contributed by atoms with E-state index in [0.717, 1.165) is 15.7 Å². The number of nitrogens with two attached hydrogens (primary N) is 1. The maximum atomic E-state index is 12.8. The van der Waals surface area contributed by atoms with Gasteiger partial charge in [0.05, 0.1) is 24.6 Å². The number of hydrogen-bond donors (Lipinski definition) is 2. The second kappa shape index (κ2) is 9.36. The van der Waals surface area contributed by atoms with Crippen LogP contribution in [0.3, 0.4) is 0 Å². The van der Waals surface area contributed by atoms with Gasteiger partial charge in [-0.25, -0.2) is 24.1 Å². The highest BCUT2D eigenvalue weighted by Crippen LogP contribution is 2.22. The fourth-order valence-corrected chi connectivity index (χ4v) is 3.06. The van der Waals surface area contributed by atoms with Gasteiger partial charge in [0.15, 0.2) is 0 Å². The number of benzene rings is 2. The molecule has 0 atom stereocenters. The third kappa shape index (κ3) is 4.99. The average molecular weight is 459 g/mol. The molecule has 2 heterocycles. The van der Waals surface area contributed by atoms with Crippen molar-refractivity contribution in [2.45, 2.75) is 13.5 Å². The van der Waals surface area contributed by atoms with E-state index in [4.69, 9.17) is 10.5 Å². The molecule has 0 fully saturated rings. The Morgan fingerprint density at radius 2 is 1.79 bits per heavy atom. The largest absolute Gasteiger partial charge is 0.437 e. The molecule has 0 aliphatic carbocycles. The summed E-state index contributed by atoms with van der Waals surface area (Å²) in [5, 5.41) is 0. The third-order valence-corrected chi connectivity index (χ3v) is 4.92. The van der Waals surface area contributed by atoms with E-state index in [2.05, 4.69) is 19.9 Å². The van der Waals surface area contributed by atoms with Crippen LogP contribution in [0.15, 0.2) is 75.5 Å². The highest BCUT2D eigenvalue weighted by molar-refractivity contribution is 5.90. The number of primary amides is 1. The Morgan fingerprint density at radius 3 is 2.47 bits per heavy atom. The van der Waals surface area contributed by atoms with Crippen LogP contribution in [0.4, 0.5) is 5.69 Å². The number of rotatable bonds is 6. The lowest BCUT2D eigenvalue weighted by Crippen LogP contribution is -2.48. The monoisotopic (exact) mass is 459 g/mol. The molecular weight excluding hydrogens is 438 g/mol. The minimum absolute atomic E-state index is 0.0168. The SMILES string of the molecule is Cc1ccc(Cn2c(=O)n(C)c(=O)[nH]/c2=N\c2ccc(Oc3cncc(C(N)=O)n3)cc2)cc1. The average Bonchev–Trinajstić information content (AvgIpc) is 2.83. The van der Waals surface area contributed by atoms with Crippen LogP contribution >= 0.6 is 0 Å². The minimum atomic E-state index is -0.714. The Labute approximate surface area is 192 Å². The lowest BCUT2D eigenvalue weighted by molar-refractivity contribution is 0.0994. The van der Waals surface area contributed by atoms with Gasteiger partial charge in [-0.05, 0) is 36.8 Å². The Bertz CT molecular complexity index is 1530. The molecule has 11 heteroatoms. The Balaban J connectivity index is 1.66. The van der Waals surface area contributed by atoms with Gasteiger partial charge in [-0.15, -0.1) is 0 Å². The summed E-state index contributed by atoms with van der Waals surface area (Å²) in [7, 11) is 1.40. The van der Waals surface area contributed by atoms with Crippen LogP contribution in [-0.2, 0) is 13.6 Å². The number of hydrogen-bond acceptors (Lipinski definition) is 7. The van der Waals surface area contributed by atoms with E-state index in [1.54, 1.807) is 24.3 Å².